The van der Waals surface area contributed by atoms with Crippen LogP contribution >= 0.6 is 0 Å². The molecule has 0 fully saturated rings. The molecule has 2 atom stereocenters. The first kappa shape index (κ1) is 26.5. The summed E-state index contributed by atoms with van der Waals surface area (Å²) in [5.74, 6) is 1.20. The van der Waals surface area contributed by atoms with Crippen molar-refractivity contribution in [2.24, 2.45) is 0 Å². The lowest BCUT2D eigenvalue weighted by Crippen LogP contribution is -2.52. The number of rotatable bonds is 15. The monoisotopic (exact) mass is 441 g/mol. The average Bonchev–Trinajstić information content (AvgIpc) is 2.78. The molecule has 0 radical (unpaired) electrons. The number of hydrogen-bond acceptors (Lipinski definition) is 6. The van der Waals surface area contributed by atoms with Gasteiger partial charge in [-0.25, -0.2) is 4.79 Å². The molecule has 0 bridgehead atoms. The molecule has 2 N–H and O–H groups in total. The zero-order chi connectivity index (χ0) is 23.6. The topological polar surface area (TPSA) is 118 Å². The third kappa shape index (κ3) is 11.0. The lowest BCUT2D eigenvalue weighted by Gasteiger charge is -2.23. The second kappa shape index (κ2) is 16.2. The molecule has 32 heavy (non-hydrogen) atoms. The molecule has 0 aliphatic heterocycles. The predicted octanol–water partition coefficient (Wildman–Crippen LogP) is 2.23. The lowest BCUT2D eigenvalue weighted by atomic mass is 10.0. The molecule has 0 spiro atoms. The van der Waals surface area contributed by atoms with E-state index in [0.29, 0.717) is 32.1 Å². The van der Waals surface area contributed by atoms with Crippen molar-refractivity contribution >= 4 is 17.8 Å². The average molecular weight is 442 g/mol. The van der Waals surface area contributed by atoms with Crippen molar-refractivity contribution < 1.29 is 23.9 Å². The molecular formula is C24H31N3O5. The summed E-state index contributed by atoms with van der Waals surface area (Å²) in [4.78, 5) is 37.7. The van der Waals surface area contributed by atoms with E-state index in [4.69, 9.17) is 16.4 Å². The van der Waals surface area contributed by atoms with Crippen molar-refractivity contribution in [3.63, 3.8) is 0 Å². The number of nitrogens with one attached hydrogen (secondary N) is 2. The summed E-state index contributed by atoms with van der Waals surface area (Å²) < 4.78 is 9.72. The summed E-state index contributed by atoms with van der Waals surface area (Å²) in [7, 11) is 0. The Bertz CT molecular complexity index is 798. The van der Waals surface area contributed by atoms with Crippen LogP contribution in [0.5, 0.6) is 0 Å². The molecule has 0 heterocycles. The Labute approximate surface area is 189 Å². The van der Waals surface area contributed by atoms with Gasteiger partial charge in [0, 0.05) is 19.3 Å². The van der Waals surface area contributed by atoms with Crippen LogP contribution in [-0.4, -0.2) is 43.1 Å². The summed E-state index contributed by atoms with van der Waals surface area (Å²) in [5, 5.41) is 13.9. The molecule has 8 nitrogen and oxygen atoms in total. The Hall–Kier alpha value is -3.52. The maximum absolute atomic E-state index is 13.0. The van der Waals surface area contributed by atoms with Gasteiger partial charge in [-0.05, 0) is 38.2 Å². The van der Waals surface area contributed by atoms with Crippen molar-refractivity contribution in [2.75, 3.05) is 13.2 Å². The highest BCUT2D eigenvalue weighted by molar-refractivity contribution is 5.91. The van der Waals surface area contributed by atoms with E-state index in [9.17, 15) is 14.4 Å². The molecule has 0 saturated heterocycles. The van der Waals surface area contributed by atoms with Crippen LogP contribution in [0.1, 0.15) is 51.0 Å². The third-order valence-corrected chi connectivity index (χ3v) is 4.60. The van der Waals surface area contributed by atoms with Crippen LogP contribution < -0.4 is 10.6 Å². The van der Waals surface area contributed by atoms with Gasteiger partial charge in [0.05, 0.1) is 6.61 Å². The number of esters is 1. The predicted molar refractivity (Wildman–Crippen MR) is 119 cm³/mol. The fourth-order valence-electron chi connectivity index (χ4n) is 3.01. The highest BCUT2D eigenvalue weighted by atomic mass is 16.5. The second-order valence-electron chi connectivity index (χ2n) is 7.12. The fourth-order valence-corrected chi connectivity index (χ4v) is 3.01. The highest BCUT2D eigenvalue weighted by Gasteiger charge is 2.27. The number of carbonyl (C=O) groups is 3. The van der Waals surface area contributed by atoms with Crippen LogP contribution in [0.4, 0.5) is 0 Å². The van der Waals surface area contributed by atoms with Crippen molar-refractivity contribution in [2.45, 2.75) is 64.0 Å². The van der Waals surface area contributed by atoms with Crippen LogP contribution in [0, 0.1) is 23.9 Å². The van der Waals surface area contributed by atoms with Crippen molar-refractivity contribution in [3.05, 3.63) is 35.9 Å². The molecule has 0 aromatic heterocycles. The van der Waals surface area contributed by atoms with Gasteiger partial charge in [0.15, 0.2) is 0 Å². The van der Waals surface area contributed by atoms with Gasteiger partial charge in [-0.3, -0.25) is 9.59 Å². The maximum Gasteiger partial charge on any atom is 0.328 e. The smallest absolute Gasteiger partial charge is 0.328 e. The van der Waals surface area contributed by atoms with Crippen LogP contribution in [0.15, 0.2) is 30.3 Å². The largest absolute Gasteiger partial charge is 0.464 e. The fraction of sp³-hybridized carbons (Fsp3) is 0.500. The number of ether oxygens (including phenoxy) is 2. The van der Waals surface area contributed by atoms with E-state index in [1.807, 2.05) is 30.3 Å². The van der Waals surface area contributed by atoms with E-state index >= 15 is 0 Å². The standard InChI is InChI=1S/C24H31N3O5/c1-3-5-7-15-22(28)26-21(17-19-12-8-6-9-13-19)23(29)27-20(24(30)32-4-2)14-10-11-16-31-18-25/h1,6,8-9,12-13,20-21H,4-5,7,10-11,14-17H2,2H3,(H,26,28)(H,27,29)/t20-,21+/m0/s1. The van der Waals surface area contributed by atoms with Gasteiger partial charge in [0.2, 0.25) is 11.8 Å². The van der Waals surface area contributed by atoms with Crippen LogP contribution in [0.3, 0.4) is 0 Å². The number of nitrogens with zero attached hydrogens (tertiary/aromatic N) is 1. The Morgan fingerprint density at radius 1 is 1.09 bits per heavy atom. The molecule has 172 valence electrons. The molecule has 0 aliphatic carbocycles. The SMILES string of the molecule is C#CCCCC(=O)N[C@H](Cc1ccccc1)C(=O)N[C@@H](CCCCOC#N)C(=O)OCC. The zero-order valence-corrected chi connectivity index (χ0v) is 18.5. The quantitative estimate of drug-likeness (QED) is 0.187. The summed E-state index contributed by atoms with van der Waals surface area (Å²) in [6, 6.07) is 7.58. The molecule has 0 unspecified atom stereocenters. The highest BCUT2D eigenvalue weighted by Crippen LogP contribution is 2.08. The third-order valence-electron chi connectivity index (χ3n) is 4.60. The van der Waals surface area contributed by atoms with Crippen molar-refractivity contribution in [3.8, 4) is 18.6 Å². The van der Waals surface area contributed by atoms with Gasteiger partial charge >= 0.3 is 5.97 Å². The van der Waals surface area contributed by atoms with E-state index in [0.717, 1.165) is 5.56 Å². The molecule has 1 aromatic carbocycles. The normalized spacial score (nSPS) is 11.8. The Kier molecular flexibility index (Phi) is 13.4. The molecule has 1 aromatic rings. The second-order valence-corrected chi connectivity index (χ2v) is 7.12. The van der Waals surface area contributed by atoms with E-state index in [1.165, 1.54) is 0 Å². The number of unbranched alkanes of at least 4 members (excludes halogenated alkanes) is 2. The zero-order valence-electron chi connectivity index (χ0n) is 18.5. The molecule has 8 heteroatoms. The first-order valence-corrected chi connectivity index (χ1v) is 10.8. The minimum atomic E-state index is -0.860. The van der Waals surface area contributed by atoms with Gasteiger partial charge in [-0.2, -0.15) is 5.26 Å². The summed E-state index contributed by atoms with van der Waals surface area (Å²) in [5.41, 5.74) is 0.873. The van der Waals surface area contributed by atoms with E-state index in [-0.39, 0.29) is 32.0 Å². The molecule has 0 aliphatic rings. The van der Waals surface area contributed by atoms with Crippen molar-refractivity contribution in [1.29, 1.82) is 5.26 Å². The Morgan fingerprint density at radius 3 is 2.50 bits per heavy atom. The minimum Gasteiger partial charge on any atom is -0.464 e. The maximum atomic E-state index is 13.0. The van der Waals surface area contributed by atoms with Crippen LogP contribution in [0.25, 0.3) is 0 Å². The Balaban J connectivity index is 2.84. The van der Waals surface area contributed by atoms with E-state index < -0.39 is 24.0 Å². The first-order chi connectivity index (χ1) is 15.5. The van der Waals surface area contributed by atoms with Crippen molar-refractivity contribution in [1.82, 2.24) is 10.6 Å². The van der Waals surface area contributed by atoms with Gasteiger partial charge in [-0.1, -0.05) is 30.3 Å². The minimum absolute atomic E-state index is 0.183. The van der Waals surface area contributed by atoms with Gasteiger partial charge in [0.25, 0.3) is 6.26 Å². The van der Waals surface area contributed by atoms with E-state index in [1.54, 1.807) is 13.2 Å². The molecular weight excluding hydrogens is 410 g/mol. The summed E-state index contributed by atoms with van der Waals surface area (Å²) in [6.07, 6.45) is 9.74. The number of terminal acetylenes is 1. The number of nitriles is 1. The van der Waals surface area contributed by atoms with E-state index in [2.05, 4.69) is 21.3 Å². The van der Waals surface area contributed by atoms with Gasteiger partial charge in [0.1, 0.15) is 18.7 Å². The van der Waals surface area contributed by atoms with Gasteiger partial charge < -0.3 is 20.1 Å². The number of benzene rings is 1. The lowest BCUT2D eigenvalue weighted by molar-refractivity contribution is -0.147. The number of amides is 2. The molecule has 0 saturated carbocycles. The molecule has 1 rings (SSSR count). The number of hydrogen-bond donors (Lipinski definition) is 2. The van der Waals surface area contributed by atoms with Gasteiger partial charge in [-0.15, -0.1) is 12.3 Å². The summed E-state index contributed by atoms with van der Waals surface area (Å²) in [6.45, 7) is 2.11. The Morgan fingerprint density at radius 2 is 1.84 bits per heavy atom. The number of carbonyl (C=O) groups excluding carboxylic acids is 3. The van der Waals surface area contributed by atoms with Crippen LogP contribution in [0.2, 0.25) is 0 Å². The van der Waals surface area contributed by atoms with Crippen LogP contribution in [-0.2, 0) is 30.3 Å². The first-order valence-electron chi connectivity index (χ1n) is 10.8. The summed E-state index contributed by atoms with van der Waals surface area (Å²) >= 11 is 0. The molecule has 2 amide bonds.